The number of carbonyl (C=O) groups is 1. The van der Waals surface area contributed by atoms with Crippen molar-refractivity contribution in [2.45, 2.75) is 6.92 Å². The van der Waals surface area contributed by atoms with E-state index in [2.05, 4.69) is 10.5 Å². The largest absolute Gasteiger partial charge is 0.493 e. The second-order valence-corrected chi connectivity index (χ2v) is 5.39. The molecule has 138 valence electrons. The lowest BCUT2D eigenvalue weighted by Gasteiger charge is -2.11. The second-order valence-electron chi connectivity index (χ2n) is 4.98. The number of nitrogens with zero attached hydrogens (tertiary/aromatic N) is 1. The highest BCUT2D eigenvalue weighted by molar-refractivity contribution is 6.32. The Morgan fingerprint density at radius 3 is 2.73 bits per heavy atom. The molecule has 0 aliphatic heterocycles. The molecule has 0 atom stereocenters. The zero-order valence-electron chi connectivity index (χ0n) is 14.3. The van der Waals surface area contributed by atoms with Crippen molar-refractivity contribution in [1.82, 2.24) is 5.43 Å². The number of rotatable bonds is 8. The van der Waals surface area contributed by atoms with E-state index in [1.807, 2.05) is 6.92 Å². The number of methoxy groups -OCH3 is 1. The van der Waals surface area contributed by atoms with Crippen molar-refractivity contribution < 1.29 is 23.4 Å². The molecule has 1 N–H and O–H groups in total. The fourth-order valence-electron chi connectivity index (χ4n) is 2.01. The van der Waals surface area contributed by atoms with Gasteiger partial charge in [-0.05, 0) is 36.8 Å². The fourth-order valence-corrected chi connectivity index (χ4v) is 2.29. The minimum Gasteiger partial charge on any atom is -0.493 e. The third kappa shape index (κ3) is 5.35. The second kappa shape index (κ2) is 9.62. The molecule has 0 unspecified atom stereocenters. The van der Waals surface area contributed by atoms with Crippen molar-refractivity contribution >= 4 is 23.7 Å². The summed E-state index contributed by atoms with van der Waals surface area (Å²) in [5, 5.41) is 4.18. The molecule has 2 aromatic carbocycles. The summed E-state index contributed by atoms with van der Waals surface area (Å²) in [5.41, 5.74) is 2.89. The van der Waals surface area contributed by atoms with E-state index in [4.69, 9.17) is 25.8 Å². The van der Waals surface area contributed by atoms with Gasteiger partial charge in [-0.15, -0.1) is 0 Å². The van der Waals surface area contributed by atoms with Crippen LogP contribution in [0.25, 0.3) is 0 Å². The Morgan fingerprint density at radius 2 is 2.04 bits per heavy atom. The molecule has 0 bridgehead atoms. The van der Waals surface area contributed by atoms with Gasteiger partial charge in [-0.3, -0.25) is 4.79 Å². The Balaban J connectivity index is 1.94. The van der Waals surface area contributed by atoms with Crippen LogP contribution in [0.3, 0.4) is 0 Å². The first-order chi connectivity index (χ1) is 12.5. The highest BCUT2D eigenvalue weighted by Crippen LogP contribution is 2.35. The lowest BCUT2D eigenvalue weighted by molar-refractivity contribution is -0.123. The summed E-state index contributed by atoms with van der Waals surface area (Å²) in [6.07, 6.45) is 1.39. The molecule has 6 nitrogen and oxygen atoms in total. The molecule has 0 saturated carbocycles. The molecule has 0 spiro atoms. The first-order valence-corrected chi connectivity index (χ1v) is 8.12. The van der Waals surface area contributed by atoms with Crippen LogP contribution in [0.4, 0.5) is 4.39 Å². The van der Waals surface area contributed by atoms with Crippen molar-refractivity contribution in [2.75, 3.05) is 20.3 Å². The van der Waals surface area contributed by atoms with Crippen LogP contribution in [-0.2, 0) is 4.79 Å². The summed E-state index contributed by atoms with van der Waals surface area (Å²) in [5.74, 6) is -0.186. The van der Waals surface area contributed by atoms with Crippen LogP contribution in [0.15, 0.2) is 41.5 Å². The third-order valence-electron chi connectivity index (χ3n) is 3.14. The van der Waals surface area contributed by atoms with E-state index in [0.29, 0.717) is 28.7 Å². The summed E-state index contributed by atoms with van der Waals surface area (Å²) >= 11 is 6.16. The smallest absolute Gasteiger partial charge is 0.277 e. The molecular formula is C18H18ClFN2O4. The van der Waals surface area contributed by atoms with Gasteiger partial charge in [0.05, 0.1) is 25.0 Å². The van der Waals surface area contributed by atoms with E-state index in [0.717, 1.165) is 0 Å². The quantitative estimate of drug-likeness (QED) is 0.563. The van der Waals surface area contributed by atoms with E-state index in [1.165, 1.54) is 31.5 Å². The number of para-hydroxylation sites is 1. The van der Waals surface area contributed by atoms with Gasteiger partial charge in [-0.2, -0.15) is 5.10 Å². The van der Waals surface area contributed by atoms with Gasteiger partial charge in [0.1, 0.15) is 0 Å². The molecule has 0 aliphatic carbocycles. The molecule has 8 heteroatoms. The Bertz CT molecular complexity index is 799. The molecule has 0 radical (unpaired) electrons. The number of benzene rings is 2. The van der Waals surface area contributed by atoms with Crippen LogP contribution in [-0.4, -0.2) is 32.4 Å². The normalized spacial score (nSPS) is 10.6. The highest BCUT2D eigenvalue weighted by atomic mass is 35.5. The summed E-state index contributed by atoms with van der Waals surface area (Å²) in [6, 6.07) is 9.11. The minimum atomic E-state index is -0.542. The Hall–Kier alpha value is -2.80. The number of ether oxygens (including phenoxy) is 3. The maximum atomic E-state index is 13.4. The Labute approximate surface area is 155 Å². The molecule has 2 rings (SSSR count). The predicted molar refractivity (Wildman–Crippen MR) is 96.8 cm³/mol. The zero-order valence-corrected chi connectivity index (χ0v) is 15.0. The standard InChI is InChI=1S/C18H18ClFN2O4/c1-3-25-18-13(19)8-12(9-16(18)24-2)10-21-22-17(23)11-26-15-7-5-4-6-14(15)20/h4-10H,3,11H2,1-2H3,(H,22,23)/b21-10-. The maximum Gasteiger partial charge on any atom is 0.277 e. The number of halogens is 2. The van der Waals surface area contributed by atoms with E-state index < -0.39 is 11.7 Å². The minimum absolute atomic E-state index is 0.00494. The zero-order chi connectivity index (χ0) is 18.9. The SMILES string of the molecule is CCOc1c(Cl)cc(/C=N\NC(=O)COc2ccccc2F)cc1OC. The summed E-state index contributed by atoms with van der Waals surface area (Å²) in [6.45, 7) is 1.91. The van der Waals surface area contributed by atoms with Crippen LogP contribution in [0.2, 0.25) is 5.02 Å². The first kappa shape index (κ1) is 19.5. The van der Waals surface area contributed by atoms with Crippen LogP contribution >= 0.6 is 11.6 Å². The van der Waals surface area contributed by atoms with Crippen LogP contribution in [0.1, 0.15) is 12.5 Å². The number of hydrogen-bond donors (Lipinski definition) is 1. The van der Waals surface area contributed by atoms with Crippen molar-refractivity contribution in [1.29, 1.82) is 0 Å². The number of nitrogens with one attached hydrogen (secondary N) is 1. The molecule has 26 heavy (non-hydrogen) atoms. The van der Waals surface area contributed by atoms with Gasteiger partial charge in [0.15, 0.2) is 29.7 Å². The van der Waals surface area contributed by atoms with Crippen molar-refractivity contribution in [2.24, 2.45) is 5.10 Å². The van der Waals surface area contributed by atoms with Gasteiger partial charge in [0, 0.05) is 0 Å². The van der Waals surface area contributed by atoms with Gasteiger partial charge in [-0.1, -0.05) is 23.7 Å². The number of carbonyl (C=O) groups excluding carboxylic acids is 1. The van der Waals surface area contributed by atoms with E-state index in [1.54, 1.807) is 18.2 Å². The number of amides is 1. The van der Waals surface area contributed by atoms with Crippen molar-refractivity contribution in [3.63, 3.8) is 0 Å². The molecule has 2 aromatic rings. The maximum absolute atomic E-state index is 13.4. The summed E-state index contributed by atoms with van der Waals surface area (Å²) in [4.78, 5) is 11.7. The molecule has 0 aromatic heterocycles. The third-order valence-corrected chi connectivity index (χ3v) is 3.42. The first-order valence-electron chi connectivity index (χ1n) is 7.74. The molecule has 0 fully saturated rings. The van der Waals surface area contributed by atoms with Crippen molar-refractivity contribution in [3.8, 4) is 17.2 Å². The predicted octanol–water partition coefficient (Wildman–Crippen LogP) is 3.42. The lowest BCUT2D eigenvalue weighted by atomic mass is 10.2. The highest BCUT2D eigenvalue weighted by Gasteiger charge is 2.11. The average Bonchev–Trinajstić information content (AvgIpc) is 2.63. The van der Waals surface area contributed by atoms with Gasteiger partial charge < -0.3 is 14.2 Å². The fraction of sp³-hybridized carbons (Fsp3) is 0.222. The molecule has 0 aliphatic rings. The summed E-state index contributed by atoms with van der Waals surface area (Å²) in [7, 11) is 1.50. The summed E-state index contributed by atoms with van der Waals surface area (Å²) < 4.78 is 29.1. The van der Waals surface area contributed by atoms with Crippen LogP contribution in [0, 0.1) is 5.82 Å². The number of hydrazone groups is 1. The number of hydrogen-bond acceptors (Lipinski definition) is 5. The topological polar surface area (TPSA) is 69.2 Å². The van der Waals surface area contributed by atoms with Gasteiger partial charge in [0.25, 0.3) is 5.91 Å². The monoisotopic (exact) mass is 380 g/mol. The van der Waals surface area contributed by atoms with E-state index >= 15 is 0 Å². The Kier molecular flexibility index (Phi) is 7.23. The molecule has 1 amide bonds. The van der Waals surface area contributed by atoms with Gasteiger partial charge >= 0.3 is 0 Å². The van der Waals surface area contributed by atoms with Gasteiger partial charge in [0.2, 0.25) is 0 Å². The lowest BCUT2D eigenvalue weighted by Crippen LogP contribution is -2.24. The molecule has 0 heterocycles. The van der Waals surface area contributed by atoms with Crippen LogP contribution < -0.4 is 19.6 Å². The average molecular weight is 381 g/mol. The van der Waals surface area contributed by atoms with Crippen LogP contribution in [0.5, 0.6) is 17.2 Å². The van der Waals surface area contributed by atoms with Crippen molar-refractivity contribution in [3.05, 3.63) is 52.8 Å². The van der Waals surface area contributed by atoms with E-state index in [9.17, 15) is 9.18 Å². The molecular weight excluding hydrogens is 363 g/mol. The Morgan fingerprint density at radius 1 is 1.27 bits per heavy atom. The molecule has 0 saturated heterocycles. The van der Waals surface area contributed by atoms with Gasteiger partial charge in [-0.25, -0.2) is 9.82 Å². The van der Waals surface area contributed by atoms with E-state index in [-0.39, 0.29) is 12.4 Å².